The fourth-order valence-corrected chi connectivity index (χ4v) is 3.84. The fraction of sp³-hybridized carbons (Fsp3) is 0.545. The van der Waals surface area contributed by atoms with Crippen LogP contribution in [0.5, 0.6) is 0 Å². The lowest BCUT2D eigenvalue weighted by Crippen LogP contribution is -2.36. The molecule has 1 saturated heterocycles. The summed E-state index contributed by atoms with van der Waals surface area (Å²) in [6.07, 6.45) is 7.86. The van der Waals surface area contributed by atoms with Crippen LogP contribution in [0.4, 0.5) is 4.39 Å². The Morgan fingerprint density at radius 2 is 2.00 bits per heavy atom. The molecule has 2 nitrogen and oxygen atoms in total. The van der Waals surface area contributed by atoms with Gasteiger partial charge >= 0.3 is 0 Å². The molecule has 3 unspecified atom stereocenters. The molecular weight excluding hydrogens is 313 g/mol. The van der Waals surface area contributed by atoms with E-state index in [9.17, 15) is 4.39 Å². The Kier molecular flexibility index (Phi) is 6.44. The number of ether oxygens (including phenoxy) is 1. The summed E-state index contributed by atoms with van der Waals surface area (Å²) in [5.41, 5.74) is 2.18. The zero-order valence-electron chi connectivity index (χ0n) is 15.5. The molecule has 0 N–H and O–H groups in total. The summed E-state index contributed by atoms with van der Waals surface area (Å²) in [4.78, 5) is 2.60. The number of benzene rings is 1. The topological polar surface area (TPSA) is 12.5 Å². The van der Waals surface area contributed by atoms with Crippen LogP contribution in [0.3, 0.4) is 0 Å². The van der Waals surface area contributed by atoms with Crippen LogP contribution in [0.25, 0.3) is 0 Å². The predicted molar refractivity (Wildman–Crippen MR) is 101 cm³/mol. The number of nitrogens with zero attached hydrogens (tertiary/aromatic N) is 1. The Labute approximate surface area is 151 Å². The largest absolute Gasteiger partial charge is 0.373 e. The minimum absolute atomic E-state index is 0.0303. The molecule has 0 amide bonds. The first-order valence-electron chi connectivity index (χ1n) is 9.55. The molecule has 0 bridgehead atoms. The Hall–Kier alpha value is -1.45. The van der Waals surface area contributed by atoms with Gasteiger partial charge in [-0.1, -0.05) is 42.8 Å². The van der Waals surface area contributed by atoms with E-state index in [2.05, 4.69) is 42.2 Å². The van der Waals surface area contributed by atoms with Crippen molar-refractivity contribution in [3.63, 3.8) is 0 Å². The van der Waals surface area contributed by atoms with E-state index in [-0.39, 0.29) is 11.9 Å². The van der Waals surface area contributed by atoms with Crippen molar-refractivity contribution in [2.24, 2.45) is 5.92 Å². The van der Waals surface area contributed by atoms with Crippen molar-refractivity contribution in [2.45, 2.75) is 58.2 Å². The van der Waals surface area contributed by atoms with Gasteiger partial charge in [0.2, 0.25) is 0 Å². The summed E-state index contributed by atoms with van der Waals surface area (Å²) in [5.74, 6) is 0.454. The first-order valence-corrected chi connectivity index (χ1v) is 9.55. The smallest absolute Gasteiger partial charge is 0.122 e. The Bertz CT molecular complexity index is 610. The fourth-order valence-electron chi connectivity index (χ4n) is 3.84. The molecule has 0 aromatic heterocycles. The van der Waals surface area contributed by atoms with Gasteiger partial charge in [-0.3, -0.25) is 4.90 Å². The molecule has 1 aromatic rings. The van der Waals surface area contributed by atoms with E-state index in [4.69, 9.17) is 4.74 Å². The maximum atomic E-state index is 13.4. The molecule has 136 valence electrons. The maximum absolute atomic E-state index is 13.4. The highest BCUT2D eigenvalue weighted by Gasteiger charge is 2.24. The lowest BCUT2D eigenvalue weighted by Gasteiger charge is -2.30. The molecule has 3 atom stereocenters. The van der Waals surface area contributed by atoms with Crippen molar-refractivity contribution in [3.8, 4) is 0 Å². The van der Waals surface area contributed by atoms with Crippen molar-refractivity contribution < 1.29 is 9.13 Å². The van der Waals surface area contributed by atoms with Gasteiger partial charge in [0.25, 0.3) is 0 Å². The number of halogens is 1. The van der Waals surface area contributed by atoms with Crippen LogP contribution >= 0.6 is 0 Å². The van der Waals surface area contributed by atoms with Crippen molar-refractivity contribution in [2.75, 3.05) is 13.2 Å². The molecule has 1 fully saturated rings. The maximum Gasteiger partial charge on any atom is 0.122 e. The second-order valence-electron chi connectivity index (χ2n) is 7.62. The number of likely N-dealkylation sites (tertiary alicyclic amines) is 1. The van der Waals surface area contributed by atoms with Gasteiger partial charge in [-0.25, -0.2) is 4.39 Å². The predicted octanol–water partition coefficient (Wildman–Crippen LogP) is 5.27. The third kappa shape index (κ3) is 5.26. The monoisotopic (exact) mass is 343 g/mol. The van der Waals surface area contributed by atoms with E-state index in [1.54, 1.807) is 6.08 Å². The van der Waals surface area contributed by atoms with Gasteiger partial charge in [0.15, 0.2) is 0 Å². The van der Waals surface area contributed by atoms with Gasteiger partial charge in [-0.15, -0.1) is 0 Å². The van der Waals surface area contributed by atoms with E-state index in [1.807, 2.05) is 13.0 Å². The summed E-state index contributed by atoms with van der Waals surface area (Å²) in [7, 11) is 0. The number of rotatable bonds is 5. The van der Waals surface area contributed by atoms with Gasteiger partial charge in [-0.05, 0) is 49.8 Å². The minimum Gasteiger partial charge on any atom is -0.373 e. The summed E-state index contributed by atoms with van der Waals surface area (Å²) in [5, 5.41) is 0. The van der Waals surface area contributed by atoms with E-state index in [0.717, 1.165) is 25.3 Å². The quantitative estimate of drug-likeness (QED) is 0.722. The summed E-state index contributed by atoms with van der Waals surface area (Å²) in [6, 6.07) is 11.3. The molecular formula is C22H30FNO. The molecule has 2 aliphatic rings. The van der Waals surface area contributed by atoms with E-state index in [0.29, 0.717) is 18.4 Å². The van der Waals surface area contributed by atoms with Gasteiger partial charge < -0.3 is 4.74 Å². The average molecular weight is 343 g/mol. The Morgan fingerprint density at radius 3 is 2.76 bits per heavy atom. The zero-order chi connectivity index (χ0) is 17.6. The van der Waals surface area contributed by atoms with Crippen LogP contribution in [-0.4, -0.2) is 30.2 Å². The van der Waals surface area contributed by atoms with Crippen molar-refractivity contribution in [1.29, 1.82) is 0 Å². The van der Waals surface area contributed by atoms with Crippen LogP contribution in [0.15, 0.2) is 53.9 Å². The van der Waals surface area contributed by atoms with Gasteiger partial charge in [0, 0.05) is 25.6 Å². The number of hydrogen-bond donors (Lipinski definition) is 0. The van der Waals surface area contributed by atoms with E-state index in [1.165, 1.54) is 24.8 Å². The lowest BCUT2D eigenvalue weighted by atomic mass is 10.0. The zero-order valence-corrected chi connectivity index (χ0v) is 15.5. The minimum atomic E-state index is -0.0998. The molecule has 3 rings (SSSR count). The lowest BCUT2D eigenvalue weighted by molar-refractivity contribution is 0.0415. The summed E-state index contributed by atoms with van der Waals surface area (Å²) < 4.78 is 19.5. The van der Waals surface area contributed by atoms with E-state index < -0.39 is 0 Å². The van der Waals surface area contributed by atoms with Crippen molar-refractivity contribution >= 4 is 0 Å². The van der Waals surface area contributed by atoms with Crippen LogP contribution in [0, 0.1) is 5.92 Å². The SMILES string of the molecule is CC1=C(F)C=CC(OCC2CCCC(C)N(Cc3ccccc3)C2)C1. The normalized spacial score (nSPS) is 28.2. The molecule has 0 spiro atoms. The third-order valence-corrected chi connectivity index (χ3v) is 5.50. The van der Waals surface area contributed by atoms with Crippen molar-refractivity contribution in [1.82, 2.24) is 4.90 Å². The van der Waals surface area contributed by atoms with Crippen LogP contribution < -0.4 is 0 Å². The Morgan fingerprint density at radius 1 is 1.20 bits per heavy atom. The standard InChI is InChI=1S/C22H30FNO/c1-17-13-21(11-12-22(17)23)25-16-20-10-6-7-18(2)24(15-20)14-19-8-4-3-5-9-19/h3-5,8-9,11-12,18,20-21H,6-7,10,13-16H2,1-2H3. The molecule has 1 heterocycles. The molecule has 1 aromatic carbocycles. The first kappa shape index (κ1) is 18.3. The molecule has 1 aliphatic heterocycles. The summed E-state index contributed by atoms with van der Waals surface area (Å²) in [6.45, 7) is 7.05. The first-order chi connectivity index (χ1) is 12.1. The van der Waals surface area contributed by atoms with Crippen molar-refractivity contribution in [3.05, 3.63) is 59.4 Å². The number of hydrogen-bond acceptors (Lipinski definition) is 2. The van der Waals surface area contributed by atoms with Gasteiger partial charge in [-0.2, -0.15) is 0 Å². The van der Waals surface area contributed by atoms with Crippen LogP contribution in [0.1, 0.15) is 45.1 Å². The molecule has 0 saturated carbocycles. The van der Waals surface area contributed by atoms with Gasteiger partial charge in [0.05, 0.1) is 12.7 Å². The van der Waals surface area contributed by atoms with Crippen LogP contribution in [-0.2, 0) is 11.3 Å². The second-order valence-corrected chi connectivity index (χ2v) is 7.62. The number of allylic oxidation sites excluding steroid dienone is 2. The van der Waals surface area contributed by atoms with Crippen LogP contribution in [0.2, 0.25) is 0 Å². The summed E-state index contributed by atoms with van der Waals surface area (Å²) >= 11 is 0. The molecule has 0 radical (unpaired) electrons. The highest BCUT2D eigenvalue weighted by Crippen LogP contribution is 2.26. The highest BCUT2D eigenvalue weighted by molar-refractivity contribution is 5.24. The molecule has 1 aliphatic carbocycles. The molecule has 3 heteroatoms. The highest BCUT2D eigenvalue weighted by atomic mass is 19.1. The van der Waals surface area contributed by atoms with E-state index >= 15 is 0 Å². The third-order valence-electron chi connectivity index (χ3n) is 5.50. The second kappa shape index (κ2) is 8.77. The van der Waals surface area contributed by atoms with Gasteiger partial charge in [0.1, 0.15) is 5.83 Å². The average Bonchev–Trinajstić information content (AvgIpc) is 2.79. The molecule has 25 heavy (non-hydrogen) atoms. The Balaban J connectivity index is 1.54.